The lowest BCUT2D eigenvalue weighted by molar-refractivity contribution is -0.385. The van der Waals surface area contributed by atoms with Gasteiger partial charge >= 0.3 is 0 Å². The fraction of sp³-hybridized carbons (Fsp3) is 0.158. The summed E-state index contributed by atoms with van der Waals surface area (Å²) in [6, 6.07) is 10.3. The number of nitro groups is 1. The molecule has 0 amide bonds. The summed E-state index contributed by atoms with van der Waals surface area (Å²) in [6.45, 7) is 3.72. The number of para-hydroxylation sites is 1. The molecule has 0 saturated heterocycles. The van der Waals surface area contributed by atoms with Crippen LogP contribution in [0, 0.1) is 17.0 Å². The fourth-order valence-electron chi connectivity index (χ4n) is 2.77. The van der Waals surface area contributed by atoms with E-state index in [-0.39, 0.29) is 22.1 Å². The van der Waals surface area contributed by atoms with Crippen LogP contribution in [0.2, 0.25) is 0 Å². The number of nitrogens with one attached hydrogen (secondary N) is 1. The van der Waals surface area contributed by atoms with Crippen LogP contribution in [0.3, 0.4) is 0 Å². The van der Waals surface area contributed by atoms with E-state index in [2.05, 4.69) is 9.97 Å². The first-order valence-corrected chi connectivity index (χ1v) is 8.43. The molecule has 0 aliphatic rings. The number of aromatic amines is 1. The Hall–Kier alpha value is -2.99. The number of hydrogen-bond donors (Lipinski definition) is 1. The molecule has 0 aliphatic heterocycles. The van der Waals surface area contributed by atoms with Crippen LogP contribution in [0.25, 0.3) is 22.0 Å². The molecule has 0 unspecified atom stereocenters. The van der Waals surface area contributed by atoms with E-state index in [0.29, 0.717) is 28.5 Å². The number of aryl methyl sites for hydroxylation is 2. The molecule has 0 spiro atoms. The molecule has 1 heterocycles. The third-order valence-electron chi connectivity index (χ3n) is 4.14. The number of nitro benzene ring substituents is 1. The zero-order chi connectivity index (χ0) is 18.8. The zero-order valence-corrected chi connectivity index (χ0v) is 15.0. The average Bonchev–Trinajstić information content (AvgIpc) is 2.62. The Morgan fingerprint density at radius 1 is 1.35 bits per heavy atom. The Bertz CT molecular complexity index is 1100. The molecule has 26 heavy (non-hydrogen) atoms. The summed E-state index contributed by atoms with van der Waals surface area (Å²) in [5, 5.41) is 11.9. The number of nitrogens with zero attached hydrogens (tertiary/aromatic N) is 2. The molecular weight excluding hydrogens is 354 g/mol. The largest absolute Gasteiger partial charge is 0.305 e. The smallest absolute Gasteiger partial charge is 0.273 e. The summed E-state index contributed by atoms with van der Waals surface area (Å²) in [5.74, 6) is 0.223. The lowest BCUT2D eigenvalue weighted by Gasteiger charge is -2.05. The van der Waals surface area contributed by atoms with Gasteiger partial charge in [0.2, 0.25) is 0 Å². The molecule has 1 aromatic heterocycles. The van der Waals surface area contributed by atoms with Crippen molar-refractivity contribution < 1.29 is 4.92 Å². The van der Waals surface area contributed by atoms with Gasteiger partial charge in [-0.3, -0.25) is 14.9 Å². The molecule has 3 rings (SSSR count). The van der Waals surface area contributed by atoms with Crippen molar-refractivity contribution in [2.45, 2.75) is 20.3 Å². The molecule has 3 aromatic rings. The highest BCUT2D eigenvalue weighted by atomic mass is 35.5. The van der Waals surface area contributed by atoms with E-state index < -0.39 is 4.92 Å². The van der Waals surface area contributed by atoms with E-state index in [0.717, 1.165) is 5.56 Å². The third kappa shape index (κ3) is 3.36. The Morgan fingerprint density at radius 2 is 2.12 bits per heavy atom. The van der Waals surface area contributed by atoms with E-state index in [1.54, 1.807) is 30.3 Å². The number of H-pyrrole nitrogens is 1. The van der Waals surface area contributed by atoms with Crippen LogP contribution in [-0.4, -0.2) is 14.9 Å². The molecule has 0 bridgehead atoms. The van der Waals surface area contributed by atoms with Crippen molar-refractivity contribution in [3.8, 4) is 0 Å². The van der Waals surface area contributed by atoms with E-state index in [1.165, 1.54) is 6.07 Å². The van der Waals surface area contributed by atoms with Gasteiger partial charge in [-0.15, -0.1) is 0 Å². The van der Waals surface area contributed by atoms with Crippen LogP contribution in [-0.2, 0) is 6.42 Å². The van der Waals surface area contributed by atoms with Gasteiger partial charge in [0.15, 0.2) is 5.82 Å². The quantitative estimate of drug-likeness (QED) is 0.543. The van der Waals surface area contributed by atoms with Gasteiger partial charge in [0.25, 0.3) is 11.2 Å². The van der Waals surface area contributed by atoms with Crippen molar-refractivity contribution in [1.82, 2.24) is 9.97 Å². The van der Waals surface area contributed by atoms with Crippen LogP contribution >= 0.6 is 11.6 Å². The Balaban J connectivity index is 2.09. The number of hydrogen-bond acceptors (Lipinski definition) is 4. The molecular formula is C19H16ClN3O3. The molecule has 0 aliphatic carbocycles. The minimum absolute atomic E-state index is 0.0431. The summed E-state index contributed by atoms with van der Waals surface area (Å²) in [7, 11) is 0. The molecule has 6 nitrogen and oxygen atoms in total. The predicted molar refractivity (Wildman–Crippen MR) is 103 cm³/mol. The maximum Gasteiger partial charge on any atom is 0.273 e. The predicted octanol–water partition coefficient (Wildman–Crippen LogP) is 4.44. The Kier molecular flexibility index (Phi) is 4.86. The zero-order valence-electron chi connectivity index (χ0n) is 14.2. The summed E-state index contributed by atoms with van der Waals surface area (Å²) in [5.41, 5.74) is 2.41. The molecule has 7 heteroatoms. The number of benzene rings is 2. The van der Waals surface area contributed by atoms with E-state index in [4.69, 9.17) is 11.6 Å². The SMILES string of the molecule is CCc1ccc(/C=C(\Cl)c2nc3c(C)cccc3c(=O)[nH]2)cc1[N+](=O)[O-]. The normalized spacial score (nSPS) is 11.7. The number of aromatic nitrogens is 2. The van der Waals surface area contributed by atoms with E-state index in [1.807, 2.05) is 19.9 Å². The van der Waals surface area contributed by atoms with Crippen LogP contribution in [0.5, 0.6) is 0 Å². The number of fused-ring (bicyclic) bond motifs is 1. The molecule has 0 saturated carbocycles. The summed E-state index contributed by atoms with van der Waals surface area (Å²) < 4.78 is 0. The second-order valence-electron chi connectivity index (χ2n) is 5.88. The molecule has 132 valence electrons. The van der Waals surface area contributed by atoms with Gasteiger partial charge in [-0.1, -0.05) is 42.8 Å². The van der Waals surface area contributed by atoms with Crippen LogP contribution in [0.15, 0.2) is 41.2 Å². The minimum Gasteiger partial charge on any atom is -0.305 e. The number of rotatable bonds is 4. The van der Waals surface area contributed by atoms with Gasteiger partial charge < -0.3 is 4.98 Å². The molecule has 2 aromatic carbocycles. The molecule has 0 radical (unpaired) electrons. The van der Waals surface area contributed by atoms with Gasteiger partial charge in [-0.25, -0.2) is 4.98 Å². The van der Waals surface area contributed by atoms with Crippen molar-refractivity contribution in [2.75, 3.05) is 0 Å². The second kappa shape index (κ2) is 7.09. The molecule has 0 atom stereocenters. The first kappa shape index (κ1) is 17.8. The fourth-order valence-corrected chi connectivity index (χ4v) is 2.99. The third-order valence-corrected chi connectivity index (χ3v) is 4.43. The summed E-state index contributed by atoms with van der Waals surface area (Å²) in [6.07, 6.45) is 2.11. The van der Waals surface area contributed by atoms with Crippen molar-refractivity contribution in [3.05, 3.63) is 79.4 Å². The topological polar surface area (TPSA) is 88.9 Å². The summed E-state index contributed by atoms with van der Waals surface area (Å²) in [4.78, 5) is 30.2. The van der Waals surface area contributed by atoms with E-state index in [9.17, 15) is 14.9 Å². The Labute approximate surface area is 154 Å². The van der Waals surface area contributed by atoms with Gasteiger partial charge in [0.05, 0.1) is 20.9 Å². The van der Waals surface area contributed by atoms with Crippen LogP contribution in [0.4, 0.5) is 5.69 Å². The highest BCUT2D eigenvalue weighted by molar-refractivity contribution is 6.50. The molecule has 1 N–H and O–H groups in total. The van der Waals surface area contributed by atoms with Gasteiger partial charge in [0, 0.05) is 11.6 Å². The Morgan fingerprint density at radius 3 is 2.81 bits per heavy atom. The molecule has 0 fully saturated rings. The number of halogens is 1. The van der Waals surface area contributed by atoms with Crippen molar-refractivity contribution in [2.24, 2.45) is 0 Å². The lowest BCUT2D eigenvalue weighted by Crippen LogP contribution is -2.11. The average molecular weight is 370 g/mol. The van der Waals surface area contributed by atoms with Crippen molar-refractivity contribution in [3.63, 3.8) is 0 Å². The first-order valence-electron chi connectivity index (χ1n) is 8.05. The first-order chi connectivity index (χ1) is 12.4. The highest BCUT2D eigenvalue weighted by Crippen LogP contribution is 2.25. The van der Waals surface area contributed by atoms with Gasteiger partial charge in [-0.2, -0.15) is 0 Å². The highest BCUT2D eigenvalue weighted by Gasteiger charge is 2.13. The lowest BCUT2D eigenvalue weighted by atomic mass is 10.1. The van der Waals surface area contributed by atoms with Crippen molar-refractivity contribution >= 4 is 39.3 Å². The minimum atomic E-state index is -0.413. The maximum atomic E-state index is 12.3. The van der Waals surface area contributed by atoms with Crippen molar-refractivity contribution in [1.29, 1.82) is 0 Å². The standard InChI is InChI=1S/C19H16ClN3O3/c1-3-13-8-7-12(10-16(13)23(25)26)9-15(20)18-21-17-11(2)5-4-6-14(17)19(24)22-18/h4-10H,3H2,1-2H3,(H,21,22,24)/b15-9-. The van der Waals surface area contributed by atoms with Crippen LogP contribution < -0.4 is 5.56 Å². The second-order valence-corrected chi connectivity index (χ2v) is 6.28. The monoisotopic (exact) mass is 369 g/mol. The van der Waals surface area contributed by atoms with E-state index >= 15 is 0 Å². The summed E-state index contributed by atoms with van der Waals surface area (Å²) >= 11 is 6.33. The van der Waals surface area contributed by atoms with Crippen LogP contribution in [0.1, 0.15) is 29.4 Å². The maximum absolute atomic E-state index is 12.3. The van der Waals surface area contributed by atoms with Gasteiger partial charge in [-0.05, 0) is 36.6 Å². The van der Waals surface area contributed by atoms with Gasteiger partial charge in [0.1, 0.15) is 0 Å².